The Morgan fingerprint density at radius 1 is 0.771 bits per heavy atom. The van der Waals surface area contributed by atoms with Crippen LogP contribution in [0.2, 0.25) is 0 Å². The molecule has 1 heterocycles. The first-order chi connectivity index (χ1) is 16.8. The minimum atomic E-state index is -4.47. The lowest BCUT2D eigenvalue weighted by Crippen LogP contribution is -2.15. The van der Waals surface area contributed by atoms with E-state index in [-0.39, 0.29) is 17.0 Å². The van der Waals surface area contributed by atoms with E-state index in [0.29, 0.717) is 22.4 Å². The zero-order valence-electron chi connectivity index (χ0n) is 18.7. The quantitative estimate of drug-likeness (QED) is 0.338. The van der Waals surface area contributed by atoms with E-state index in [1.54, 1.807) is 54.6 Å². The highest BCUT2D eigenvalue weighted by Gasteiger charge is 2.33. The first kappa shape index (κ1) is 23.7. The summed E-state index contributed by atoms with van der Waals surface area (Å²) in [7, 11) is 2.36. The molecular weight excluding hydrogens is 461 g/mol. The molecule has 9 heteroatoms. The van der Waals surface area contributed by atoms with E-state index in [4.69, 9.17) is 9.47 Å². The zero-order valence-corrected chi connectivity index (χ0v) is 18.7. The average Bonchev–Trinajstić information content (AvgIpc) is 3.28. The minimum Gasteiger partial charge on any atom is -0.465 e. The molecule has 0 aliphatic carbocycles. The molecule has 0 unspecified atom stereocenters. The van der Waals surface area contributed by atoms with Gasteiger partial charge in [-0.2, -0.15) is 18.3 Å². The topological polar surface area (TPSA) is 70.4 Å². The maximum absolute atomic E-state index is 13.1. The van der Waals surface area contributed by atoms with Crippen LogP contribution in [0.3, 0.4) is 0 Å². The number of halogens is 3. The first-order valence-electron chi connectivity index (χ1n) is 10.4. The van der Waals surface area contributed by atoms with Crippen molar-refractivity contribution in [1.29, 1.82) is 0 Å². The van der Waals surface area contributed by atoms with Gasteiger partial charge in [0, 0.05) is 5.56 Å². The summed E-state index contributed by atoms with van der Waals surface area (Å²) >= 11 is 0. The van der Waals surface area contributed by atoms with E-state index in [2.05, 4.69) is 5.10 Å². The SMILES string of the molecule is COC(=O)c1c(-c2ccccc2-c2ccc(C(F)(F)F)cc2)nn(-c2ccccc2)c1C(=O)OC. The lowest BCUT2D eigenvalue weighted by Gasteiger charge is -2.11. The Hall–Kier alpha value is -4.40. The van der Waals surface area contributed by atoms with Gasteiger partial charge >= 0.3 is 18.1 Å². The van der Waals surface area contributed by atoms with Gasteiger partial charge < -0.3 is 9.47 Å². The number of ether oxygens (including phenoxy) is 2. The Morgan fingerprint density at radius 2 is 1.34 bits per heavy atom. The Balaban J connectivity index is 1.99. The van der Waals surface area contributed by atoms with Crippen LogP contribution < -0.4 is 0 Å². The highest BCUT2D eigenvalue weighted by atomic mass is 19.4. The van der Waals surface area contributed by atoms with Gasteiger partial charge in [0.15, 0.2) is 5.69 Å². The van der Waals surface area contributed by atoms with E-state index in [0.717, 1.165) is 12.1 Å². The van der Waals surface area contributed by atoms with Gasteiger partial charge in [-0.1, -0.05) is 54.6 Å². The number of rotatable bonds is 5. The minimum absolute atomic E-state index is 0.122. The molecule has 0 bridgehead atoms. The number of alkyl halides is 3. The van der Waals surface area contributed by atoms with Gasteiger partial charge in [-0.3, -0.25) is 0 Å². The molecule has 178 valence electrons. The Morgan fingerprint density at radius 3 is 1.91 bits per heavy atom. The third-order valence-electron chi connectivity index (χ3n) is 5.36. The van der Waals surface area contributed by atoms with Crippen molar-refractivity contribution >= 4 is 11.9 Å². The molecule has 4 rings (SSSR count). The molecule has 0 saturated carbocycles. The third-order valence-corrected chi connectivity index (χ3v) is 5.36. The predicted octanol–water partition coefficient (Wildman–Crippen LogP) is 5.80. The summed E-state index contributed by atoms with van der Waals surface area (Å²) in [6.45, 7) is 0. The van der Waals surface area contributed by atoms with Gasteiger partial charge in [0.25, 0.3) is 0 Å². The highest BCUT2D eigenvalue weighted by molar-refractivity contribution is 6.07. The monoisotopic (exact) mass is 480 g/mol. The fourth-order valence-corrected chi connectivity index (χ4v) is 3.72. The van der Waals surface area contributed by atoms with Gasteiger partial charge in [-0.15, -0.1) is 0 Å². The molecule has 0 saturated heterocycles. The first-order valence-corrected chi connectivity index (χ1v) is 10.4. The van der Waals surface area contributed by atoms with Crippen LogP contribution in [0.1, 0.15) is 26.4 Å². The smallest absolute Gasteiger partial charge is 0.416 e. The molecule has 0 radical (unpaired) electrons. The molecular formula is C26H19F3N2O4. The number of esters is 2. The summed E-state index contributed by atoms with van der Waals surface area (Å²) in [5, 5.41) is 4.57. The van der Waals surface area contributed by atoms with Gasteiger partial charge in [-0.25, -0.2) is 14.3 Å². The second-order valence-electron chi connectivity index (χ2n) is 7.42. The number of para-hydroxylation sites is 1. The van der Waals surface area contributed by atoms with Crippen molar-refractivity contribution in [3.8, 4) is 28.1 Å². The Labute approximate surface area is 198 Å². The van der Waals surface area contributed by atoms with Gasteiger partial charge in [0.2, 0.25) is 0 Å². The number of hydrogen-bond donors (Lipinski definition) is 0. The molecule has 4 aromatic rings. The number of benzene rings is 3. The van der Waals surface area contributed by atoms with Crippen LogP contribution in [0.25, 0.3) is 28.1 Å². The summed E-state index contributed by atoms with van der Waals surface area (Å²) < 4.78 is 50.3. The second-order valence-corrected chi connectivity index (χ2v) is 7.42. The van der Waals surface area contributed by atoms with Crippen molar-refractivity contribution in [2.24, 2.45) is 0 Å². The third kappa shape index (κ3) is 4.52. The molecule has 0 aliphatic rings. The van der Waals surface area contributed by atoms with E-state index in [1.807, 2.05) is 0 Å². The van der Waals surface area contributed by atoms with Crippen LogP contribution in [0.5, 0.6) is 0 Å². The van der Waals surface area contributed by atoms with E-state index < -0.39 is 23.7 Å². The molecule has 0 atom stereocenters. The normalized spacial score (nSPS) is 11.2. The van der Waals surface area contributed by atoms with E-state index in [9.17, 15) is 22.8 Å². The fourth-order valence-electron chi connectivity index (χ4n) is 3.72. The molecule has 6 nitrogen and oxygen atoms in total. The lowest BCUT2D eigenvalue weighted by molar-refractivity contribution is -0.137. The summed E-state index contributed by atoms with van der Waals surface area (Å²) in [6, 6.07) is 20.1. The van der Waals surface area contributed by atoms with Crippen molar-refractivity contribution in [2.75, 3.05) is 14.2 Å². The van der Waals surface area contributed by atoms with Gasteiger partial charge in [0.05, 0.1) is 25.5 Å². The summed E-state index contributed by atoms with van der Waals surface area (Å²) in [5.74, 6) is -1.62. The molecule has 35 heavy (non-hydrogen) atoms. The van der Waals surface area contributed by atoms with Crippen LogP contribution in [0.4, 0.5) is 13.2 Å². The number of carbonyl (C=O) groups is 2. The summed E-state index contributed by atoms with van der Waals surface area (Å²) in [6.07, 6.45) is -4.47. The Kier molecular flexibility index (Phi) is 6.42. The van der Waals surface area contributed by atoms with Crippen molar-refractivity contribution < 1.29 is 32.2 Å². The number of carbonyl (C=O) groups excluding carboxylic acids is 2. The molecule has 0 aliphatic heterocycles. The molecule has 0 spiro atoms. The van der Waals surface area contributed by atoms with Crippen LogP contribution in [0.15, 0.2) is 78.9 Å². The number of aromatic nitrogens is 2. The standard InChI is InChI=1S/C26H19F3N2O4/c1-34-24(32)21-22(30-31(23(21)25(33)35-2)18-8-4-3-5-9-18)20-11-7-6-10-19(20)16-12-14-17(15-13-16)26(27,28)29/h3-15H,1-2H3. The lowest BCUT2D eigenvalue weighted by atomic mass is 9.94. The van der Waals surface area contributed by atoms with Gasteiger partial charge in [-0.05, 0) is 35.4 Å². The number of hydrogen-bond acceptors (Lipinski definition) is 5. The van der Waals surface area contributed by atoms with Crippen LogP contribution >= 0.6 is 0 Å². The predicted molar refractivity (Wildman–Crippen MR) is 122 cm³/mol. The number of nitrogens with zero attached hydrogens (tertiary/aromatic N) is 2. The average molecular weight is 480 g/mol. The molecule has 3 aromatic carbocycles. The summed E-state index contributed by atoms with van der Waals surface area (Å²) in [5.41, 5.74) is 0.986. The van der Waals surface area contributed by atoms with Gasteiger partial charge in [0.1, 0.15) is 11.3 Å². The van der Waals surface area contributed by atoms with Crippen molar-refractivity contribution in [3.63, 3.8) is 0 Å². The fraction of sp³-hybridized carbons (Fsp3) is 0.115. The maximum Gasteiger partial charge on any atom is 0.416 e. The maximum atomic E-state index is 13.1. The zero-order chi connectivity index (χ0) is 25.2. The molecule has 0 N–H and O–H groups in total. The van der Waals surface area contributed by atoms with Crippen molar-refractivity contribution in [2.45, 2.75) is 6.18 Å². The second kappa shape index (κ2) is 9.46. The Bertz CT molecular complexity index is 1380. The van der Waals surface area contributed by atoms with E-state index >= 15 is 0 Å². The van der Waals surface area contributed by atoms with Crippen molar-refractivity contribution in [1.82, 2.24) is 9.78 Å². The van der Waals surface area contributed by atoms with Crippen molar-refractivity contribution in [3.05, 3.63) is 95.7 Å². The molecule has 1 aromatic heterocycles. The number of methoxy groups -OCH3 is 2. The van der Waals surface area contributed by atoms with Crippen LogP contribution in [-0.4, -0.2) is 35.9 Å². The molecule has 0 amide bonds. The van der Waals surface area contributed by atoms with Crippen LogP contribution in [-0.2, 0) is 15.7 Å². The largest absolute Gasteiger partial charge is 0.465 e. The molecule has 0 fully saturated rings. The van der Waals surface area contributed by atoms with Crippen LogP contribution in [0, 0.1) is 0 Å². The summed E-state index contributed by atoms with van der Waals surface area (Å²) in [4.78, 5) is 25.7. The highest BCUT2D eigenvalue weighted by Crippen LogP contribution is 2.37. The van der Waals surface area contributed by atoms with E-state index in [1.165, 1.54) is 31.0 Å².